The molecule has 12 heavy (non-hydrogen) atoms. The number of carboxylic acids is 2. The predicted octanol–water partition coefficient (Wildman–Crippen LogP) is 0.658. The van der Waals surface area contributed by atoms with Gasteiger partial charge in [0.25, 0.3) is 0 Å². The van der Waals surface area contributed by atoms with Crippen molar-refractivity contribution in [3.05, 3.63) is 23.8 Å². The van der Waals surface area contributed by atoms with Gasteiger partial charge < -0.3 is 10.2 Å². The van der Waals surface area contributed by atoms with Gasteiger partial charge in [0, 0.05) is 0 Å². The van der Waals surface area contributed by atoms with Gasteiger partial charge in [-0.05, 0) is 6.42 Å². The summed E-state index contributed by atoms with van der Waals surface area (Å²) >= 11 is 0. The monoisotopic (exact) mass is 168 g/mol. The molecule has 1 rings (SSSR count). The molecule has 0 heterocycles. The third-order valence-corrected chi connectivity index (χ3v) is 1.65. The highest BCUT2D eigenvalue weighted by atomic mass is 16.4. The predicted molar refractivity (Wildman–Crippen MR) is 40.6 cm³/mol. The minimum absolute atomic E-state index is 0.0509. The van der Waals surface area contributed by atoms with Gasteiger partial charge in [0.2, 0.25) is 0 Å². The van der Waals surface area contributed by atoms with Crippen LogP contribution in [0.15, 0.2) is 23.8 Å². The van der Waals surface area contributed by atoms with Gasteiger partial charge in [-0.2, -0.15) is 0 Å². The molecule has 0 aliphatic heterocycles. The van der Waals surface area contributed by atoms with Crippen LogP contribution in [-0.4, -0.2) is 22.2 Å². The van der Waals surface area contributed by atoms with Crippen molar-refractivity contribution in [2.75, 3.05) is 0 Å². The lowest BCUT2D eigenvalue weighted by Gasteiger charge is -2.11. The maximum atomic E-state index is 10.5. The van der Waals surface area contributed by atoms with E-state index >= 15 is 0 Å². The molecule has 0 aromatic carbocycles. The van der Waals surface area contributed by atoms with E-state index in [-0.39, 0.29) is 5.57 Å². The van der Waals surface area contributed by atoms with E-state index in [4.69, 9.17) is 10.2 Å². The Bertz CT molecular complexity index is 275. The van der Waals surface area contributed by atoms with Crippen molar-refractivity contribution in [3.8, 4) is 0 Å². The lowest BCUT2D eigenvalue weighted by Crippen LogP contribution is -2.20. The number of aliphatic carboxylic acids is 2. The Hall–Kier alpha value is -1.58. The van der Waals surface area contributed by atoms with E-state index in [1.807, 2.05) is 0 Å². The Balaban J connectivity index is 2.90. The lowest BCUT2D eigenvalue weighted by atomic mass is 9.94. The van der Waals surface area contributed by atoms with Crippen LogP contribution in [0.3, 0.4) is 0 Å². The zero-order valence-corrected chi connectivity index (χ0v) is 6.23. The third kappa shape index (κ3) is 1.53. The molecule has 0 radical (unpaired) electrons. The van der Waals surface area contributed by atoms with Gasteiger partial charge in [-0.15, -0.1) is 0 Å². The highest BCUT2D eigenvalue weighted by Gasteiger charge is 2.25. The number of carbonyl (C=O) groups is 2. The van der Waals surface area contributed by atoms with Crippen LogP contribution in [0.5, 0.6) is 0 Å². The fraction of sp³-hybridized carbons (Fsp3) is 0.250. The molecule has 64 valence electrons. The molecule has 0 amide bonds. The molecule has 0 aromatic rings. The van der Waals surface area contributed by atoms with Gasteiger partial charge in [-0.1, -0.05) is 18.2 Å². The molecule has 0 saturated carbocycles. The summed E-state index contributed by atoms with van der Waals surface area (Å²) in [5.74, 6) is -3.28. The van der Waals surface area contributed by atoms with Gasteiger partial charge in [-0.3, -0.25) is 4.79 Å². The summed E-state index contributed by atoms with van der Waals surface area (Å²) in [5.41, 5.74) is -0.0509. The van der Waals surface area contributed by atoms with Gasteiger partial charge >= 0.3 is 11.9 Å². The van der Waals surface area contributed by atoms with Crippen molar-refractivity contribution in [2.24, 2.45) is 5.92 Å². The fourth-order valence-electron chi connectivity index (χ4n) is 1.08. The summed E-state index contributed by atoms with van der Waals surface area (Å²) in [6, 6.07) is 0. The molecule has 4 heteroatoms. The molecule has 2 N–H and O–H groups in total. The molecule has 0 bridgehead atoms. The van der Waals surface area contributed by atoms with E-state index in [9.17, 15) is 9.59 Å². The minimum atomic E-state index is -1.16. The van der Waals surface area contributed by atoms with Gasteiger partial charge in [0.15, 0.2) is 0 Å². The van der Waals surface area contributed by atoms with Crippen molar-refractivity contribution in [3.63, 3.8) is 0 Å². The summed E-state index contributed by atoms with van der Waals surface area (Å²) in [4.78, 5) is 21.0. The second-order valence-corrected chi connectivity index (χ2v) is 2.44. The molecule has 0 spiro atoms. The minimum Gasteiger partial charge on any atom is -0.481 e. The fourth-order valence-corrected chi connectivity index (χ4v) is 1.08. The van der Waals surface area contributed by atoms with Gasteiger partial charge in [0.05, 0.1) is 5.57 Å². The van der Waals surface area contributed by atoms with E-state index in [0.717, 1.165) is 0 Å². The van der Waals surface area contributed by atoms with Crippen molar-refractivity contribution in [2.45, 2.75) is 6.42 Å². The van der Waals surface area contributed by atoms with E-state index < -0.39 is 17.9 Å². The van der Waals surface area contributed by atoms with E-state index in [1.165, 1.54) is 12.2 Å². The summed E-state index contributed by atoms with van der Waals surface area (Å²) in [5, 5.41) is 17.2. The second kappa shape index (κ2) is 3.21. The number of carboxylic acid groups (broad SMARTS) is 2. The maximum absolute atomic E-state index is 10.5. The van der Waals surface area contributed by atoms with Crippen LogP contribution in [0.25, 0.3) is 0 Å². The molecule has 1 aliphatic rings. The zero-order valence-electron chi connectivity index (χ0n) is 6.23. The normalized spacial score (nSPS) is 21.7. The van der Waals surface area contributed by atoms with Crippen molar-refractivity contribution in [1.82, 2.24) is 0 Å². The molecule has 1 atom stereocenters. The quantitative estimate of drug-likeness (QED) is 0.594. The molecule has 0 fully saturated rings. The average Bonchev–Trinajstić information content (AvgIpc) is 2.04. The first-order valence-electron chi connectivity index (χ1n) is 3.45. The van der Waals surface area contributed by atoms with Crippen LogP contribution in [0.2, 0.25) is 0 Å². The topological polar surface area (TPSA) is 74.6 Å². The SMILES string of the molecule is O=C(O)C1=CCC=C[C@H]1C(=O)O. The highest BCUT2D eigenvalue weighted by Crippen LogP contribution is 2.19. The molecule has 0 saturated heterocycles. The molecular weight excluding hydrogens is 160 g/mol. The molecular formula is C8H8O4. The van der Waals surface area contributed by atoms with Gasteiger partial charge in [0.1, 0.15) is 5.92 Å². The molecule has 0 aromatic heterocycles. The van der Waals surface area contributed by atoms with Crippen molar-refractivity contribution < 1.29 is 19.8 Å². The summed E-state index contributed by atoms with van der Waals surface area (Å²) in [6.07, 6.45) is 4.95. The first-order chi connectivity index (χ1) is 5.63. The first kappa shape index (κ1) is 8.52. The molecule has 1 aliphatic carbocycles. The summed E-state index contributed by atoms with van der Waals surface area (Å²) < 4.78 is 0. The molecule has 0 unspecified atom stereocenters. The first-order valence-corrected chi connectivity index (χ1v) is 3.45. The Morgan fingerprint density at radius 2 is 2.08 bits per heavy atom. The zero-order chi connectivity index (χ0) is 9.14. The average molecular weight is 168 g/mol. The Morgan fingerprint density at radius 1 is 1.42 bits per heavy atom. The van der Waals surface area contributed by atoms with Crippen molar-refractivity contribution >= 4 is 11.9 Å². The smallest absolute Gasteiger partial charge is 0.332 e. The largest absolute Gasteiger partial charge is 0.481 e. The Kier molecular flexibility index (Phi) is 2.28. The number of hydrogen-bond acceptors (Lipinski definition) is 2. The summed E-state index contributed by atoms with van der Waals surface area (Å²) in [6.45, 7) is 0. The standard InChI is InChI=1S/C8H8O4/c9-7(10)5-3-1-2-4-6(5)8(11)12/h1,3-5H,2H2,(H,9,10)(H,11,12)/t5-/m1/s1. The van der Waals surface area contributed by atoms with Gasteiger partial charge in [-0.25, -0.2) is 4.79 Å². The number of rotatable bonds is 2. The van der Waals surface area contributed by atoms with Crippen LogP contribution < -0.4 is 0 Å². The maximum Gasteiger partial charge on any atom is 0.332 e. The van der Waals surface area contributed by atoms with E-state index in [1.54, 1.807) is 6.08 Å². The Labute approximate surface area is 68.8 Å². The van der Waals surface area contributed by atoms with E-state index in [2.05, 4.69) is 0 Å². The van der Waals surface area contributed by atoms with Crippen LogP contribution in [0.4, 0.5) is 0 Å². The molecule has 4 nitrogen and oxygen atoms in total. The van der Waals surface area contributed by atoms with Crippen LogP contribution in [-0.2, 0) is 9.59 Å². The highest BCUT2D eigenvalue weighted by molar-refractivity contribution is 5.95. The van der Waals surface area contributed by atoms with Crippen molar-refractivity contribution in [1.29, 1.82) is 0 Å². The van der Waals surface area contributed by atoms with Crippen LogP contribution in [0, 0.1) is 5.92 Å². The number of allylic oxidation sites excluding steroid dienone is 2. The Morgan fingerprint density at radius 3 is 2.50 bits per heavy atom. The number of hydrogen-bond donors (Lipinski definition) is 2. The lowest BCUT2D eigenvalue weighted by molar-refractivity contribution is -0.142. The van der Waals surface area contributed by atoms with Crippen LogP contribution >= 0.6 is 0 Å². The van der Waals surface area contributed by atoms with Crippen LogP contribution in [0.1, 0.15) is 6.42 Å². The second-order valence-electron chi connectivity index (χ2n) is 2.44. The summed E-state index contributed by atoms with van der Waals surface area (Å²) in [7, 11) is 0. The van der Waals surface area contributed by atoms with E-state index in [0.29, 0.717) is 6.42 Å². The third-order valence-electron chi connectivity index (χ3n) is 1.65.